The molecule has 2 nitrogen and oxygen atoms in total. The van der Waals surface area contributed by atoms with Gasteiger partial charge in [0, 0.05) is 9.50 Å². The van der Waals surface area contributed by atoms with Crippen molar-refractivity contribution in [2.75, 3.05) is 0 Å². The molecule has 0 radical (unpaired) electrons. The third-order valence-electron chi connectivity index (χ3n) is 2.87. The average Bonchev–Trinajstić information content (AvgIpc) is 2.38. The van der Waals surface area contributed by atoms with Crippen molar-refractivity contribution < 1.29 is 4.79 Å². The molecular formula is C15H12BrCl2NO. The molecule has 1 N–H and O–H groups in total. The van der Waals surface area contributed by atoms with Crippen molar-refractivity contribution in [1.29, 1.82) is 0 Å². The Kier molecular flexibility index (Phi) is 5.08. The second-order valence-corrected chi connectivity index (χ2v) is 6.13. The quantitative estimate of drug-likeness (QED) is 0.783. The minimum Gasteiger partial charge on any atom is -0.345 e. The van der Waals surface area contributed by atoms with E-state index in [-0.39, 0.29) is 11.9 Å². The Bertz CT molecular complexity index is 646. The highest BCUT2D eigenvalue weighted by molar-refractivity contribution is 9.10. The lowest BCUT2D eigenvalue weighted by Gasteiger charge is -2.15. The molecule has 20 heavy (non-hydrogen) atoms. The molecule has 0 spiro atoms. The Morgan fingerprint density at radius 3 is 2.60 bits per heavy atom. The Labute approximate surface area is 136 Å². The van der Waals surface area contributed by atoms with Gasteiger partial charge in [-0.25, -0.2) is 0 Å². The number of nitrogens with one attached hydrogen (secondary N) is 1. The largest absolute Gasteiger partial charge is 0.345 e. The number of halogens is 3. The van der Waals surface area contributed by atoms with Gasteiger partial charge in [0.05, 0.1) is 16.6 Å². The van der Waals surface area contributed by atoms with Crippen molar-refractivity contribution in [2.24, 2.45) is 0 Å². The smallest absolute Gasteiger partial charge is 0.253 e. The standard InChI is InChI=1S/C15H12BrCl2NO/c1-9(10-3-2-4-11(16)7-10)19-15(20)13-6-5-12(17)8-14(13)18/h2-9H,1H3,(H,19,20)/t9-/m0/s1. The first-order valence-electron chi connectivity index (χ1n) is 5.99. The first kappa shape index (κ1) is 15.4. The number of hydrogen-bond donors (Lipinski definition) is 1. The summed E-state index contributed by atoms with van der Waals surface area (Å²) in [5.74, 6) is -0.223. The Morgan fingerprint density at radius 1 is 1.20 bits per heavy atom. The lowest BCUT2D eigenvalue weighted by Crippen LogP contribution is -2.26. The molecule has 2 rings (SSSR count). The molecule has 1 atom stereocenters. The first-order chi connectivity index (χ1) is 9.47. The Balaban J connectivity index is 2.15. The molecule has 1 amide bonds. The normalized spacial score (nSPS) is 12.0. The fourth-order valence-electron chi connectivity index (χ4n) is 1.81. The van der Waals surface area contributed by atoms with Gasteiger partial charge in [-0.3, -0.25) is 4.79 Å². The number of carbonyl (C=O) groups is 1. The lowest BCUT2D eigenvalue weighted by molar-refractivity contribution is 0.0940. The van der Waals surface area contributed by atoms with Gasteiger partial charge in [0.1, 0.15) is 0 Å². The minimum absolute atomic E-state index is 0.119. The van der Waals surface area contributed by atoms with E-state index in [1.54, 1.807) is 18.2 Å². The van der Waals surface area contributed by atoms with Crippen molar-refractivity contribution in [1.82, 2.24) is 5.32 Å². The predicted octanol–water partition coefficient (Wildman–Crippen LogP) is 5.25. The molecule has 104 valence electrons. The third kappa shape index (κ3) is 3.75. The minimum atomic E-state index is -0.223. The molecule has 5 heteroatoms. The molecule has 0 fully saturated rings. The molecule has 0 saturated carbocycles. The average molecular weight is 373 g/mol. The van der Waals surface area contributed by atoms with Crippen LogP contribution in [0.3, 0.4) is 0 Å². The van der Waals surface area contributed by atoms with Crippen LogP contribution in [0.15, 0.2) is 46.9 Å². The van der Waals surface area contributed by atoms with Crippen LogP contribution in [0.25, 0.3) is 0 Å². The summed E-state index contributed by atoms with van der Waals surface area (Å²) in [6, 6.07) is 12.5. The molecule has 0 bridgehead atoms. The second kappa shape index (κ2) is 6.61. The van der Waals surface area contributed by atoms with E-state index in [4.69, 9.17) is 23.2 Å². The van der Waals surface area contributed by atoms with Crippen LogP contribution >= 0.6 is 39.1 Å². The van der Waals surface area contributed by atoms with Crippen LogP contribution in [0.4, 0.5) is 0 Å². The summed E-state index contributed by atoms with van der Waals surface area (Å²) in [5.41, 5.74) is 1.43. The summed E-state index contributed by atoms with van der Waals surface area (Å²) in [7, 11) is 0. The van der Waals surface area contributed by atoms with E-state index >= 15 is 0 Å². The molecule has 0 saturated heterocycles. The first-order valence-corrected chi connectivity index (χ1v) is 7.53. The van der Waals surface area contributed by atoms with Crippen LogP contribution in [0, 0.1) is 0 Å². The maximum atomic E-state index is 12.2. The summed E-state index contributed by atoms with van der Waals surface area (Å²) in [4.78, 5) is 12.2. The fourth-order valence-corrected chi connectivity index (χ4v) is 2.72. The number of hydrogen-bond acceptors (Lipinski definition) is 1. The van der Waals surface area contributed by atoms with E-state index in [0.29, 0.717) is 15.6 Å². The van der Waals surface area contributed by atoms with Crippen molar-refractivity contribution in [3.63, 3.8) is 0 Å². The van der Waals surface area contributed by atoms with Gasteiger partial charge >= 0.3 is 0 Å². The number of amides is 1. The summed E-state index contributed by atoms with van der Waals surface area (Å²) < 4.78 is 0.973. The van der Waals surface area contributed by atoms with Crippen LogP contribution in [0.5, 0.6) is 0 Å². The van der Waals surface area contributed by atoms with Crippen molar-refractivity contribution in [3.05, 3.63) is 68.1 Å². The van der Waals surface area contributed by atoms with E-state index in [9.17, 15) is 4.79 Å². The highest BCUT2D eigenvalue weighted by Gasteiger charge is 2.14. The Morgan fingerprint density at radius 2 is 1.95 bits per heavy atom. The fraction of sp³-hybridized carbons (Fsp3) is 0.133. The van der Waals surface area contributed by atoms with E-state index in [1.807, 2.05) is 31.2 Å². The van der Waals surface area contributed by atoms with Gasteiger partial charge in [-0.05, 0) is 42.8 Å². The molecule has 2 aromatic rings. The number of rotatable bonds is 3. The van der Waals surface area contributed by atoms with Gasteiger partial charge in [0.15, 0.2) is 0 Å². The van der Waals surface area contributed by atoms with E-state index < -0.39 is 0 Å². The zero-order valence-electron chi connectivity index (χ0n) is 10.7. The molecule has 0 heterocycles. The van der Waals surface area contributed by atoms with Crippen LogP contribution in [0.2, 0.25) is 10.0 Å². The van der Waals surface area contributed by atoms with Crippen LogP contribution < -0.4 is 5.32 Å². The van der Waals surface area contributed by atoms with E-state index in [0.717, 1.165) is 10.0 Å². The van der Waals surface area contributed by atoms with Gasteiger partial charge < -0.3 is 5.32 Å². The summed E-state index contributed by atoms with van der Waals surface area (Å²) in [6.07, 6.45) is 0. The van der Waals surface area contributed by atoms with Gasteiger partial charge in [-0.15, -0.1) is 0 Å². The molecular weight excluding hydrogens is 361 g/mol. The molecule has 0 aliphatic carbocycles. The summed E-state index contributed by atoms with van der Waals surface area (Å²) in [6.45, 7) is 1.92. The van der Waals surface area contributed by atoms with Crippen LogP contribution in [-0.4, -0.2) is 5.91 Å². The predicted molar refractivity (Wildman–Crippen MR) is 86.5 cm³/mol. The molecule has 2 aromatic carbocycles. The highest BCUT2D eigenvalue weighted by Crippen LogP contribution is 2.22. The van der Waals surface area contributed by atoms with E-state index in [1.165, 1.54) is 0 Å². The highest BCUT2D eigenvalue weighted by atomic mass is 79.9. The zero-order valence-corrected chi connectivity index (χ0v) is 13.8. The van der Waals surface area contributed by atoms with Gasteiger partial charge in [-0.1, -0.05) is 51.3 Å². The molecule has 0 aliphatic heterocycles. The summed E-state index contributed by atoms with van der Waals surface area (Å²) in [5, 5.41) is 3.76. The zero-order chi connectivity index (χ0) is 14.7. The second-order valence-electron chi connectivity index (χ2n) is 4.37. The van der Waals surface area contributed by atoms with Gasteiger partial charge in [-0.2, -0.15) is 0 Å². The number of benzene rings is 2. The van der Waals surface area contributed by atoms with Crippen LogP contribution in [-0.2, 0) is 0 Å². The van der Waals surface area contributed by atoms with Crippen molar-refractivity contribution in [2.45, 2.75) is 13.0 Å². The molecule has 0 unspecified atom stereocenters. The van der Waals surface area contributed by atoms with Crippen LogP contribution in [0.1, 0.15) is 28.9 Å². The SMILES string of the molecule is C[C@H](NC(=O)c1ccc(Cl)cc1Cl)c1cccc(Br)c1. The van der Waals surface area contributed by atoms with Crippen molar-refractivity contribution in [3.8, 4) is 0 Å². The number of carbonyl (C=O) groups excluding carboxylic acids is 1. The lowest BCUT2D eigenvalue weighted by atomic mass is 10.1. The summed E-state index contributed by atoms with van der Waals surface area (Å²) >= 11 is 15.3. The third-order valence-corrected chi connectivity index (χ3v) is 3.91. The van der Waals surface area contributed by atoms with Gasteiger partial charge in [0.2, 0.25) is 0 Å². The monoisotopic (exact) mass is 371 g/mol. The molecule has 0 aromatic heterocycles. The maximum Gasteiger partial charge on any atom is 0.253 e. The maximum absolute atomic E-state index is 12.2. The van der Waals surface area contributed by atoms with E-state index in [2.05, 4.69) is 21.2 Å². The van der Waals surface area contributed by atoms with Gasteiger partial charge in [0.25, 0.3) is 5.91 Å². The topological polar surface area (TPSA) is 29.1 Å². The molecule has 0 aliphatic rings. The Hall–Kier alpha value is -1.03. The van der Waals surface area contributed by atoms with Crippen molar-refractivity contribution >= 4 is 45.0 Å².